The highest BCUT2D eigenvalue weighted by Gasteiger charge is 2.33. The number of hydrogen-bond acceptors (Lipinski definition) is 8. The Bertz CT molecular complexity index is 1740. The van der Waals surface area contributed by atoms with Crippen LogP contribution in [0.2, 0.25) is 0 Å². The number of aryl methyl sites for hydroxylation is 1. The van der Waals surface area contributed by atoms with Gasteiger partial charge in [0.25, 0.3) is 11.2 Å². The molecule has 0 saturated carbocycles. The van der Waals surface area contributed by atoms with Gasteiger partial charge in [-0.25, -0.2) is 9.97 Å². The minimum atomic E-state index is -4.76. The Morgan fingerprint density at radius 3 is 2.38 bits per heavy atom. The van der Waals surface area contributed by atoms with Crippen molar-refractivity contribution in [2.45, 2.75) is 32.6 Å². The highest BCUT2D eigenvalue weighted by atomic mass is 19.4. The number of nitro groups is 1. The monoisotopic (exact) mass is 583 g/mol. The van der Waals surface area contributed by atoms with E-state index in [0.717, 1.165) is 12.1 Å². The third-order valence-electron chi connectivity index (χ3n) is 6.68. The van der Waals surface area contributed by atoms with Gasteiger partial charge in [0.05, 0.1) is 22.0 Å². The van der Waals surface area contributed by atoms with Crippen LogP contribution in [0, 0.1) is 17.0 Å². The van der Waals surface area contributed by atoms with E-state index in [9.17, 15) is 32.9 Å². The third-order valence-corrected chi connectivity index (χ3v) is 6.68. The molecule has 42 heavy (non-hydrogen) atoms. The molecule has 0 radical (unpaired) electrons. The first-order valence-electron chi connectivity index (χ1n) is 12.7. The largest absolute Gasteiger partial charge is 0.416 e. The number of hydrogen-bond donors (Lipinski definition) is 1. The van der Waals surface area contributed by atoms with Crippen molar-refractivity contribution in [3.05, 3.63) is 92.1 Å². The van der Waals surface area contributed by atoms with Crippen LogP contribution in [-0.4, -0.2) is 51.4 Å². The molecular weight excluding hydrogens is 555 g/mol. The van der Waals surface area contributed by atoms with E-state index in [1.165, 1.54) is 21.7 Å². The molecule has 1 N–H and O–H groups in total. The van der Waals surface area contributed by atoms with Crippen LogP contribution in [0.1, 0.15) is 29.9 Å². The number of nitrogens with zero attached hydrogens (tertiary/aromatic N) is 6. The average molecular weight is 584 g/mol. The topological polar surface area (TPSA) is 126 Å². The molecule has 14 heteroatoms. The third kappa shape index (κ3) is 6.48. The Morgan fingerprint density at radius 2 is 1.76 bits per heavy atom. The molecule has 0 saturated heterocycles. The fraction of sp³-hybridized carbons (Fsp3) is 0.286. The average Bonchev–Trinajstić information content (AvgIpc) is 2.92. The number of anilines is 3. The van der Waals surface area contributed by atoms with Gasteiger partial charge >= 0.3 is 6.18 Å². The van der Waals surface area contributed by atoms with Crippen LogP contribution in [0.25, 0.3) is 10.9 Å². The molecule has 1 amide bonds. The first kappa shape index (κ1) is 30.0. The van der Waals surface area contributed by atoms with Crippen LogP contribution in [0.3, 0.4) is 0 Å². The summed E-state index contributed by atoms with van der Waals surface area (Å²) < 4.78 is 41.7. The molecule has 0 aliphatic rings. The van der Waals surface area contributed by atoms with Crippen molar-refractivity contribution in [1.29, 1.82) is 0 Å². The SMILES string of the molecule is Cc1nc(N[C@H](C)c2cc([N+](=O)[O-])cc(C(F)(F)F)c2)c2cc(N(C)c3ccn(CC(=O)N(C)C)c(=O)c3)ccc2n1. The number of carbonyl (C=O) groups is 1. The molecule has 0 fully saturated rings. The van der Waals surface area contributed by atoms with E-state index in [-0.39, 0.29) is 23.6 Å². The maximum atomic E-state index is 13.5. The van der Waals surface area contributed by atoms with E-state index in [2.05, 4.69) is 15.3 Å². The Balaban J connectivity index is 1.69. The first-order valence-corrected chi connectivity index (χ1v) is 12.7. The van der Waals surface area contributed by atoms with Crippen molar-refractivity contribution in [3.8, 4) is 0 Å². The summed E-state index contributed by atoms with van der Waals surface area (Å²) in [6.45, 7) is 3.15. The van der Waals surface area contributed by atoms with Gasteiger partial charge in [-0.2, -0.15) is 13.2 Å². The number of alkyl halides is 3. The van der Waals surface area contributed by atoms with Crippen LogP contribution < -0.4 is 15.8 Å². The van der Waals surface area contributed by atoms with Gasteiger partial charge in [-0.1, -0.05) is 0 Å². The molecule has 0 bridgehead atoms. The van der Waals surface area contributed by atoms with E-state index < -0.39 is 28.4 Å². The summed E-state index contributed by atoms with van der Waals surface area (Å²) in [4.78, 5) is 47.2. The number of amides is 1. The zero-order valence-electron chi connectivity index (χ0n) is 23.4. The molecule has 4 aromatic rings. The van der Waals surface area contributed by atoms with Crippen molar-refractivity contribution >= 4 is 39.7 Å². The number of pyridine rings is 1. The number of aromatic nitrogens is 3. The zero-order chi connectivity index (χ0) is 30.9. The number of non-ortho nitro benzene ring substituents is 1. The predicted molar refractivity (Wildman–Crippen MR) is 152 cm³/mol. The van der Waals surface area contributed by atoms with Crippen LogP contribution in [-0.2, 0) is 17.5 Å². The second-order valence-electron chi connectivity index (χ2n) is 9.95. The molecule has 2 aromatic carbocycles. The highest BCUT2D eigenvalue weighted by molar-refractivity contribution is 5.92. The van der Waals surface area contributed by atoms with Gasteiger partial charge in [-0.15, -0.1) is 0 Å². The molecule has 0 spiro atoms. The number of nitro benzene ring substituents is 1. The lowest BCUT2D eigenvalue weighted by Gasteiger charge is -2.22. The summed E-state index contributed by atoms with van der Waals surface area (Å²) in [7, 11) is 4.96. The smallest absolute Gasteiger partial charge is 0.363 e. The molecule has 1 atom stereocenters. The van der Waals surface area contributed by atoms with Crippen molar-refractivity contribution in [1.82, 2.24) is 19.4 Å². The van der Waals surface area contributed by atoms with Gasteiger partial charge < -0.3 is 19.7 Å². The lowest BCUT2D eigenvalue weighted by atomic mass is 10.0. The van der Waals surface area contributed by atoms with Crippen molar-refractivity contribution in [2.24, 2.45) is 0 Å². The number of fused-ring (bicyclic) bond motifs is 1. The van der Waals surface area contributed by atoms with Gasteiger partial charge in [-0.3, -0.25) is 19.7 Å². The second-order valence-corrected chi connectivity index (χ2v) is 9.95. The van der Waals surface area contributed by atoms with Gasteiger partial charge in [0.15, 0.2) is 0 Å². The molecule has 2 heterocycles. The summed E-state index contributed by atoms with van der Waals surface area (Å²) in [5, 5.41) is 15.0. The van der Waals surface area contributed by atoms with Gasteiger partial charge in [-0.05, 0) is 49.7 Å². The number of carbonyl (C=O) groups excluding carboxylic acids is 1. The maximum absolute atomic E-state index is 13.5. The quantitative estimate of drug-likeness (QED) is 0.225. The molecule has 0 aliphatic carbocycles. The maximum Gasteiger partial charge on any atom is 0.416 e. The Labute approximate surface area is 238 Å². The van der Waals surface area contributed by atoms with E-state index >= 15 is 0 Å². The molecule has 0 unspecified atom stereocenters. The standard InChI is InChI=1S/C28H28F3N7O4/c1-16(18-10-19(28(29,30)31)12-22(11-18)38(41)42)32-27-23-13-20(6-7-24(23)33-17(2)34-27)36(5)21-8-9-37(25(39)14-21)15-26(40)35(3)4/h6-14,16H,15H2,1-5H3,(H,32,33,34)/t16-/m1/s1. The molecular formula is C28H28F3N7O4. The lowest BCUT2D eigenvalue weighted by Crippen LogP contribution is -2.31. The van der Waals surface area contributed by atoms with Crippen LogP contribution in [0.4, 0.5) is 36.1 Å². The van der Waals surface area contributed by atoms with Gasteiger partial charge in [0.1, 0.15) is 18.2 Å². The Hall–Kier alpha value is -5.01. The number of rotatable bonds is 8. The molecule has 4 rings (SSSR count). The number of benzene rings is 2. The van der Waals surface area contributed by atoms with E-state index in [4.69, 9.17) is 0 Å². The van der Waals surface area contributed by atoms with Gasteiger partial charge in [0, 0.05) is 62.3 Å². The summed E-state index contributed by atoms with van der Waals surface area (Å²) in [6, 6.07) is 10.1. The van der Waals surface area contributed by atoms with Crippen LogP contribution in [0.15, 0.2) is 59.5 Å². The molecule has 0 aliphatic heterocycles. The second kappa shape index (κ2) is 11.5. The highest BCUT2D eigenvalue weighted by Crippen LogP contribution is 2.36. The minimum absolute atomic E-state index is 0.0579. The fourth-order valence-corrected chi connectivity index (χ4v) is 4.27. The van der Waals surface area contributed by atoms with Crippen molar-refractivity contribution < 1.29 is 22.9 Å². The number of nitrogens with one attached hydrogen (secondary N) is 1. The zero-order valence-corrected chi connectivity index (χ0v) is 23.4. The number of halogens is 3. The molecule has 11 nitrogen and oxygen atoms in total. The van der Waals surface area contributed by atoms with Crippen molar-refractivity contribution in [3.63, 3.8) is 0 Å². The van der Waals surface area contributed by atoms with Crippen molar-refractivity contribution in [2.75, 3.05) is 31.4 Å². The summed E-state index contributed by atoms with van der Waals surface area (Å²) in [5.41, 5.74) is -0.331. The van der Waals surface area contributed by atoms with E-state index in [1.807, 2.05) is 0 Å². The summed E-state index contributed by atoms with van der Waals surface area (Å²) in [6.07, 6.45) is -3.23. The van der Waals surface area contributed by atoms with E-state index in [1.54, 1.807) is 64.2 Å². The first-order chi connectivity index (χ1) is 19.6. The normalized spacial score (nSPS) is 12.2. The van der Waals surface area contributed by atoms with E-state index in [0.29, 0.717) is 40.0 Å². The van der Waals surface area contributed by atoms with Crippen LogP contribution >= 0.6 is 0 Å². The van der Waals surface area contributed by atoms with Gasteiger partial charge in [0.2, 0.25) is 5.91 Å². The Morgan fingerprint density at radius 1 is 1.07 bits per heavy atom. The summed E-state index contributed by atoms with van der Waals surface area (Å²) in [5.74, 6) is 0.499. The molecule has 2 aromatic heterocycles. The van der Waals surface area contributed by atoms with Crippen LogP contribution in [0.5, 0.6) is 0 Å². The molecule has 220 valence electrons. The minimum Gasteiger partial charge on any atom is -0.363 e. The lowest BCUT2D eigenvalue weighted by molar-refractivity contribution is -0.385. The summed E-state index contributed by atoms with van der Waals surface area (Å²) >= 11 is 0. The number of likely N-dealkylation sites (N-methyl/N-ethyl adjacent to an activating group) is 1. The fourth-order valence-electron chi connectivity index (χ4n) is 4.27. The predicted octanol–water partition coefficient (Wildman–Crippen LogP) is 5.06. The Kier molecular flexibility index (Phi) is 8.18.